The summed E-state index contributed by atoms with van der Waals surface area (Å²) in [6, 6.07) is 6.98. The zero-order chi connectivity index (χ0) is 15.4. The average Bonchev–Trinajstić information content (AvgIpc) is 2.74. The van der Waals surface area contributed by atoms with Crippen molar-refractivity contribution in [3.8, 4) is 5.75 Å². The van der Waals surface area contributed by atoms with E-state index in [1.165, 1.54) is 0 Å². The van der Waals surface area contributed by atoms with Crippen molar-refractivity contribution in [1.82, 2.24) is 15.1 Å². The molecule has 0 aliphatic heterocycles. The normalized spacial score (nSPS) is 12.0. The molecule has 2 rings (SSSR count). The maximum absolute atomic E-state index is 12.0. The zero-order valence-corrected chi connectivity index (χ0v) is 13.0. The van der Waals surface area contributed by atoms with Gasteiger partial charge >= 0.3 is 0 Å². The Hall–Kier alpha value is -2.01. The van der Waals surface area contributed by atoms with Crippen molar-refractivity contribution in [3.05, 3.63) is 46.7 Å². The van der Waals surface area contributed by atoms with Crippen LogP contribution in [0.4, 0.5) is 0 Å². The molecule has 0 saturated heterocycles. The van der Waals surface area contributed by atoms with E-state index < -0.39 is 6.10 Å². The van der Waals surface area contributed by atoms with E-state index in [4.69, 9.17) is 16.3 Å². The Kier molecular flexibility index (Phi) is 4.85. The van der Waals surface area contributed by atoms with E-state index in [1.807, 2.05) is 20.2 Å². The largest absolute Gasteiger partial charge is 0.481 e. The number of nitrogens with one attached hydrogen (secondary N) is 1. The van der Waals surface area contributed by atoms with Crippen molar-refractivity contribution in [1.29, 1.82) is 0 Å². The lowest BCUT2D eigenvalue weighted by atomic mass is 10.2. The van der Waals surface area contributed by atoms with Gasteiger partial charge in [0.1, 0.15) is 5.75 Å². The second kappa shape index (κ2) is 6.63. The number of ether oxygens (including phenoxy) is 1. The molecule has 1 heterocycles. The molecule has 112 valence electrons. The fourth-order valence-electron chi connectivity index (χ4n) is 1.95. The lowest BCUT2D eigenvalue weighted by Crippen LogP contribution is -2.35. The maximum atomic E-state index is 12.0. The van der Waals surface area contributed by atoms with Crippen LogP contribution in [0.5, 0.6) is 5.75 Å². The molecule has 1 aromatic carbocycles. The smallest absolute Gasteiger partial charge is 0.261 e. The molecule has 1 atom stereocenters. The van der Waals surface area contributed by atoms with Crippen molar-refractivity contribution in [3.63, 3.8) is 0 Å². The van der Waals surface area contributed by atoms with Crippen LogP contribution in [0.3, 0.4) is 0 Å². The van der Waals surface area contributed by atoms with Crippen molar-refractivity contribution in [2.45, 2.75) is 26.5 Å². The van der Waals surface area contributed by atoms with Crippen molar-refractivity contribution in [2.24, 2.45) is 7.05 Å². The van der Waals surface area contributed by atoms with E-state index in [0.29, 0.717) is 17.3 Å². The van der Waals surface area contributed by atoms with Crippen LogP contribution in [0.15, 0.2) is 30.5 Å². The van der Waals surface area contributed by atoms with Gasteiger partial charge in [-0.1, -0.05) is 17.7 Å². The molecular weight excluding hydrogens is 290 g/mol. The summed E-state index contributed by atoms with van der Waals surface area (Å²) in [5.74, 6) is 0.390. The number of nitrogens with zero attached hydrogens (tertiary/aromatic N) is 2. The molecule has 1 unspecified atom stereocenters. The van der Waals surface area contributed by atoms with E-state index in [9.17, 15) is 4.79 Å². The second-order valence-corrected chi connectivity index (χ2v) is 5.29. The van der Waals surface area contributed by atoms with Gasteiger partial charge in [-0.15, -0.1) is 0 Å². The fraction of sp³-hybridized carbons (Fsp3) is 0.333. The third kappa shape index (κ3) is 4.23. The van der Waals surface area contributed by atoms with Crippen molar-refractivity contribution >= 4 is 17.5 Å². The monoisotopic (exact) mass is 307 g/mol. The first-order valence-electron chi connectivity index (χ1n) is 6.65. The lowest BCUT2D eigenvalue weighted by Gasteiger charge is -2.14. The number of hydrogen-bond acceptors (Lipinski definition) is 3. The fourth-order valence-corrected chi connectivity index (χ4v) is 2.13. The van der Waals surface area contributed by atoms with Gasteiger partial charge in [0.15, 0.2) is 6.10 Å². The molecule has 1 amide bonds. The average molecular weight is 308 g/mol. The number of aryl methyl sites for hydroxylation is 2. The summed E-state index contributed by atoms with van der Waals surface area (Å²) in [6.07, 6.45) is 1.29. The minimum absolute atomic E-state index is 0.182. The minimum atomic E-state index is -0.597. The number of halogens is 1. The molecule has 5 nitrogen and oxygen atoms in total. The van der Waals surface area contributed by atoms with Gasteiger partial charge in [-0.25, -0.2) is 0 Å². The Labute approximate surface area is 128 Å². The van der Waals surface area contributed by atoms with Crippen LogP contribution in [0.25, 0.3) is 0 Å². The molecule has 0 spiro atoms. The summed E-state index contributed by atoms with van der Waals surface area (Å²) in [5, 5.41) is 7.64. The quantitative estimate of drug-likeness (QED) is 0.923. The zero-order valence-electron chi connectivity index (χ0n) is 12.3. The maximum Gasteiger partial charge on any atom is 0.261 e. The number of hydrogen-bond donors (Lipinski definition) is 1. The first-order valence-corrected chi connectivity index (χ1v) is 7.02. The highest BCUT2D eigenvalue weighted by atomic mass is 35.5. The van der Waals surface area contributed by atoms with Gasteiger partial charge < -0.3 is 10.1 Å². The van der Waals surface area contributed by atoms with Gasteiger partial charge in [-0.05, 0) is 32.0 Å². The van der Waals surface area contributed by atoms with Gasteiger partial charge in [0.25, 0.3) is 5.91 Å². The first kappa shape index (κ1) is 15.4. The highest BCUT2D eigenvalue weighted by Gasteiger charge is 2.15. The predicted octanol–water partition coefficient (Wildman–Crippen LogP) is 2.47. The first-order chi connectivity index (χ1) is 9.95. The molecule has 21 heavy (non-hydrogen) atoms. The Bertz CT molecular complexity index is 640. The van der Waals surface area contributed by atoms with E-state index in [1.54, 1.807) is 35.9 Å². The van der Waals surface area contributed by atoms with Crippen LogP contribution in [-0.2, 0) is 18.4 Å². The third-order valence-electron chi connectivity index (χ3n) is 3.05. The number of aromatic nitrogens is 2. The van der Waals surface area contributed by atoms with E-state index in [2.05, 4.69) is 10.4 Å². The summed E-state index contributed by atoms with van der Waals surface area (Å²) in [6.45, 7) is 4.04. The molecule has 0 saturated carbocycles. The Morgan fingerprint density at radius 2 is 2.29 bits per heavy atom. The number of amides is 1. The van der Waals surface area contributed by atoms with Crippen LogP contribution in [0, 0.1) is 6.92 Å². The number of carbonyl (C=O) groups is 1. The third-order valence-corrected chi connectivity index (χ3v) is 3.28. The Morgan fingerprint density at radius 1 is 1.52 bits per heavy atom. The van der Waals surface area contributed by atoms with Gasteiger partial charge in [-0.2, -0.15) is 5.10 Å². The van der Waals surface area contributed by atoms with Gasteiger partial charge in [0.2, 0.25) is 0 Å². The molecule has 0 bridgehead atoms. The van der Waals surface area contributed by atoms with Gasteiger partial charge in [0.05, 0.1) is 5.69 Å². The van der Waals surface area contributed by atoms with Crippen LogP contribution in [0.2, 0.25) is 5.02 Å². The number of carbonyl (C=O) groups excluding carboxylic acids is 1. The standard InChI is InChI=1S/C15H18ClN3O2/c1-10-12(9-19(3)18-10)8-17-15(20)11(2)21-14-6-4-5-13(16)7-14/h4-7,9,11H,8H2,1-3H3,(H,17,20). The van der Waals surface area contributed by atoms with E-state index in [0.717, 1.165) is 11.3 Å². The van der Waals surface area contributed by atoms with Crippen molar-refractivity contribution < 1.29 is 9.53 Å². The summed E-state index contributed by atoms with van der Waals surface area (Å²) in [7, 11) is 1.85. The molecule has 2 aromatic rings. The molecule has 0 radical (unpaired) electrons. The summed E-state index contributed by atoms with van der Waals surface area (Å²) >= 11 is 5.88. The molecule has 1 aromatic heterocycles. The van der Waals surface area contributed by atoms with Crippen LogP contribution in [0.1, 0.15) is 18.2 Å². The topological polar surface area (TPSA) is 56.2 Å². The molecule has 1 N–H and O–H groups in total. The minimum Gasteiger partial charge on any atom is -0.481 e. The van der Waals surface area contributed by atoms with Gasteiger partial charge in [-0.3, -0.25) is 9.48 Å². The summed E-state index contributed by atoms with van der Waals surface area (Å²) in [4.78, 5) is 12.0. The Balaban J connectivity index is 1.89. The molecule has 0 fully saturated rings. The summed E-state index contributed by atoms with van der Waals surface area (Å²) in [5.41, 5.74) is 1.89. The Morgan fingerprint density at radius 3 is 2.90 bits per heavy atom. The molecule has 0 aliphatic carbocycles. The van der Waals surface area contributed by atoms with Crippen LogP contribution >= 0.6 is 11.6 Å². The second-order valence-electron chi connectivity index (χ2n) is 4.85. The van der Waals surface area contributed by atoms with E-state index >= 15 is 0 Å². The highest BCUT2D eigenvalue weighted by Crippen LogP contribution is 2.18. The SMILES string of the molecule is Cc1nn(C)cc1CNC(=O)C(C)Oc1cccc(Cl)c1. The molecular formula is C15H18ClN3O2. The highest BCUT2D eigenvalue weighted by molar-refractivity contribution is 6.30. The van der Waals surface area contributed by atoms with Crippen LogP contribution < -0.4 is 10.1 Å². The van der Waals surface area contributed by atoms with E-state index in [-0.39, 0.29) is 5.91 Å². The van der Waals surface area contributed by atoms with Gasteiger partial charge in [0, 0.05) is 30.4 Å². The van der Waals surface area contributed by atoms with Crippen LogP contribution in [-0.4, -0.2) is 21.8 Å². The van der Waals surface area contributed by atoms with Crippen molar-refractivity contribution in [2.75, 3.05) is 0 Å². The molecule has 0 aliphatic rings. The molecule has 6 heteroatoms. The number of rotatable bonds is 5. The predicted molar refractivity (Wildman–Crippen MR) is 81.3 cm³/mol. The number of benzene rings is 1. The summed E-state index contributed by atoms with van der Waals surface area (Å²) < 4.78 is 7.29. The lowest BCUT2D eigenvalue weighted by molar-refractivity contribution is -0.127.